The Labute approximate surface area is 250 Å². The lowest BCUT2D eigenvalue weighted by molar-refractivity contribution is -0.139. The number of sulfonamides is 1. The fourth-order valence-electron chi connectivity index (χ4n) is 5.16. The van der Waals surface area contributed by atoms with E-state index >= 15 is 0 Å². The van der Waals surface area contributed by atoms with Crippen LogP contribution in [0.2, 0.25) is 0 Å². The van der Waals surface area contributed by atoms with Crippen LogP contribution in [-0.2, 0) is 28.3 Å². The highest BCUT2D eigenvalue weighted by Crippen LogP contribution is 2.20. The zero-order valence-corrected chi connectivity index (χ0v) is 26.0. The van der Waals surface area contributed by atoms with E-state index in [1.807, 2.05) is 35.9 Å². The van der Waals surface area contributed by atoms with Gasteiger partial charge in [-0.25, -0.2) is 4.79 Å². The van der Waals surface area contributed by atoms with E-state index in [4.69, 9.17) is 9.84 Å². The van der Waals surface area contributed by atoms with E-state index in [0.717, 1.165) is 29.3 Å². The maximum atomic E-state index is 12.9. The molecule has 0 fully saturated rings. The number of nitrogens with one attached hydrogen (secondary N) is 1. The average Bonchev–Trinajstić information content (AvgIpc) is 2.99. The van der Waals surface area contributed by atoms with Gasteiger partial charge in [0, 0.05) is 18.0 Å². The molecule has 0 spiro atoms. The third-order valence-electron chi connectivity index (χ3n) is 7.58. The molecule has 2 aromatic carbocycles. The number of aryl methyl sites for hydroxylation is 2. The zero-order valence-electron chi connectivity index (χ0n) is 25.2. The Morgan fingerprint density at radius 3 is 2.02 bits per heavy atom. The maximum Gasteiger partial charge on any atom is 0.341 e. The highest BCUT2D eigenvalue weighted by atomic mass is 32.2. The molecule has 0 radical (unpaired) electrons. The number of benzene rings is 2. The van der Waals surface area contributed by atoms with Crippen molar-refractivity contribution in [2.24, 2.45) is 12.1 Å². The first kappa shape index (κ1) is 33.2. The lowest BCUT2D eigenvalue weighted by Gasteiger charge is -2.12. The highest BCUT2D eigenvalue weighted by molar-refractivity contribution is 7.89. The summed E-state index contributed by atoms with van der Waals surface area (Å²) in [6, 6.07) is 15.6. The molecule has 0 aliphatic rings. The molecule has 0 aliphatic heterocycles. The summed E-state index contributed by atoms with van der Waals surface area (Å²) in [6.07, 6.45) is 17.9. The third-order valence-corrected chi connectivity index (χ3v) is 8.81. The number of para-hydroxylation sites is 1. The summed E-state index contributed by atoms with van der Waals surface area (Å²) in [5.74, 6) is -0.837. The number of hydrogen-bond donors (Lipinski definition) is 2. The first-order chi connectivity index (χ1) is 20.3. The highest BCUT2D eigenvalue weighted by Gasteiger charge is 2.14. The first-order valence-corrected chi connectivity index (χ1v) is 16.9. The Morgan fingerprint density at radius 1 is 0.857 bits per heavy atom. The van der Waals surface area contributed by atoms with Gasteiger partial charge >= 0.3 is 5.97 Å². The maximum absolute atomic E-state index is 12.9. The van der Waals surface area contributed by atoms with Crippen molar-refractivity contribution in [2.75, 3.05) is 6.61 Å². The minimum atomic E-state index is -3.93. The number of pyridine rings is 1. The molecule has 0 saturated heterocycles. The fraction of sp³-hybridized carbons (Fsp3) is 0.515. The van der Waals surface area contributed by atoms with Gasteiger partial charge in [0.05, 0.1) is 4.90 Å². The number of unbranched alkanes of at least 4 members (excludes halogenated alkanes) is 12. The van der Waals surface area contributed by atoms with Crippen molar-refractivity contribution in [1.82, 2.24) is 9.40 Å². The minimum absolute atomic E-state index is 0.00423. The first-order valence-electron chi connectivity index (χ1n) is 15.4. The van der Waals surface area contributed by atoms with Gasteiger partial charge in [-0.1, -0.05) is 102 Å². The second kappa shape index (κ2) is 17.6. The molecule has 0 aliphatic carbocycles. The molecular formula is C33H47N3O5S. The van der Waals surface area contributed by atoms with Crippen molar-refractivity contribution >= 4 is 26.9 Å². The number of hydrogen-bond acceptors (Lipinski definition) is 5. The Morgan fingerprint density at radius 2 is 1.43 bits per heavy atom. The fourth-order valence-corrected chi connectivity index (χ4v) is 5.97. The van der Waals surface area contributed by atoms with Crippen LogP contribution in [0.3, 0.4) is 0 Å². The van der Waals surface area contributed by atoms with Gasteiger partial charge in [0.25, 0.3) is 10.0 Å². The predicted octanol–water partition coefficient (Wildman–Crippen LogP) is 7.07. The molecule has 0 saturated carbocycles. The van der Waals surface area contributed by atoms with Crippen molar-refractivity contribution in [3.05, 3.63) is 65.6 Å². The number of rotatable bonds is 20. The molecule has 0 amide bonds. The number of aliphatic carboxylic acids is 1. The van der Waals surface area contributed by atoms with Gasteiger partial charge in [0.15, 0.2) is 12.1 Å². The van der Waals surface area contributed by atoms with E-state index < -0.39 is 22.6 Å². The van der Waals surface area contributed by atoms with Gasteiger partial charge < -0.3 is 14.4 Å². The molecule has 1 aromatic heterocycles. The summed E-state index contributed by atoms with van der Waals surface area (Å²) in [4.78, 5) is 13.0. The molecule has 42 heavy (non-hydrogen) atoms. The summed E-state index contributed by atoms with van der Waals surface area (Å²) >= 11 is 0. The Kier molecular flexibility index (Phi) is 13.9. The van der Waals surface area contributed by atoms with E-state index in [1.165, 1.54) is 101 Å². The number of carbonyl (C=O) groups is 1. The van der Waals surface area contributed by atoms with Gasteiger partial charge in [0.2, 0.25) is 0 Å². The molecule has 1 heterocycles. The molecule has 3 rings (SSSR count). The van der Waals surface area contributed by atoms with E-state index in [9.17, 15) is 13.2 Å². The van der Waals surface area contributed by atoms with Crippen molar-refractivity contribution in [1.29, 1.82) is 0 Å². The zero-order chi connectivity index (χ0) is 30.2. The van der Waals surface area contributed by atoms with Gasteiger partial charge in [0.1, 0.15) is 5.75 Å². The number of nitrogens with zero attached hydrogens (tertiary/aromatic N) is 2. The molecule has 8 nitrogen and oxygen atoms in total. The van der Waals surface area contributed by atoms with Crippen LogP contribution in [0, 0.1) is 0 Å². The van der Waals surface area contributed by atoms with Crippen LogP contribution >= 0.6 is 0 Å². The number of ether oxygens (including phenoxy) is 1. The van der Waals surface area contributed by atoms with E-state index in [1.54, 1.807) is 0 Å². The van der Waals surface area contributed by atoms with Crippen LogP contribution < -0.4 is 15.1 Å². The van der Waals surface area contributed by atoms with Crippen LogP contribution in [0.15, 0.2) is 64.6 Å². The molecule has 0 atom stereocenters. The lowest BCUT2D eigenvalue weighted by atomic mass is 10.0. The second-order valence-electron chi connectivity index (χ2n) is 11.0. The average molecular weight is 598 g/mol. The summed E-state index contributed by atoms with van der Waals surface area (Å²) < 4.78 is 32.8. The Hall–Kier alpha value is -3.33. The van der Waals surface area contributed by atoms with E-state index in [2.05, 4.69) is 22.9 Å². The molecule has 3 aromatic rings. The lowest BCUT2D eigenvalue weighted by Crippen LogP contribution is -2.27. The second-order valence-corrected chi connectivity index (χ2v) is 12.6. The monoisotopic (exact) mass is 597 g/mol. The van der Waals surface area contributed by atoms with Crippen molar-refractivity contribution in [3.8, 4) is 5.75 Å². The van der Waals surface area contributed by atoms with Crippen molar-refractivity contribution in [3.63, 3.8) is 0 Å². The van der Waals surface area contributed by atoms with Crippen molar-refractivity contribution in [2.45, 2.75) is 102 Å². The van der Waals surface area contributed by atoms with Gasteiger partial charge in [-0.05, 0) is 54.8 Å². The normalized spacial score (nSPS) is 12.1. The van der Waals surface area contributed by atoms with Crippen LogP contribution in [-0.4, -0.2) is 30.7 Å². The van der Waals surface area contributed by atoms with Gasteiger partial charge in [-0.15, -0.1) is 5.10 Å². The van der Waals surface area contributed by atoms with Crippen LogP contribution in [0.1, 0.15) is 96.0 Å². The molecular weight excluding hydrogens is 550 g/mol. The quantitative estimate of drug-likeness (QED) is 0.107. The topological polar surface area (TPSA) is 110 Å². The SMILES string of the molecule is CCCCCCCCCCCCCCCc1c/c(=N/NS(=O)(=O)c2ccc(OCC(=O)O)cc2)n(C)c2ccccc12. The third kappa shape index (κ3) is 10.8. The molecule has 9 heteroatoms. The number of fused-ring (bicyclic) bond motifs is 1. The summed E-state index contributed by atoms with van der Waals surface area (Å²) in [7, 11) is -2.06. The summed E-state index contributed by atoms with van der Waals surface area (Å²) in [5.41, 5.74) is 2.66. The number of carboxylic acids is 1. The Bertz CT molecular complexity index is 1430. The Balaban J connectivity index is 1.55. The van der Waals surface area contributed by atoms with E-state index in [-0.39, 0.29) is 10.6 Å². The van der Waals surface area contributed by atoms with Gasteiger partial charge in [-0.3, -0.25) is 0 Å². The van der Waals surface area contributed by atoms with Gasteiger partial charge in [-0.2, -0.15) is 13.2 Å². The molecule has 230 valence electrons. The van der Waals surface area contributed by atoms with Crippen LogP contribution in [0.25, 0.3) is 10.9 Å². The summed E-state index contributed by atoms with van der Waals surface area (Å²) in [5, 5.41) is 14.2. The number of aromatic nitrogens is 1. The standard InChI is InChI=1S/C33H47N3O5S/c1-3-4-5-6-7-8-9-10-11-12-13-14-15-18-27-25-32(36(2)31-20-17-16-19-30(27)31)34-35-42(39,40)29-23-21-28(22-24-29)41-26-33(37)38/h16-17,19-25,35H,3-15,18,26H2,1-2H3,(H,37,38)/b34-32-. The summed E-state index contributed by atoms with van der Waals surface area (Å²) in [6.45, 7) is 1.76. The van der Waals surface area contributed by atoms with Crippen molar-refractivity contribution < 1.29 is 23.1 Å². The largest absolute Gasteiger partial charge is 0.482 e. The van der Waals surface area contributed by atoms with Crippen LogP contribution in [0.4, 0.5) is 0 Å². The van der Waals surface area contributed by atoms with Crippen LogP contribution in [0.5, 0.6) is 5.75 Å². The minimum Gasteiger partial charge on any atom is -0.482 e. The molecule has 0 bridgehead atoms. The molecule has 2 N–H and O–H groups in total. The predicted molar refractivity (Wildman–Crippen MR) is 168 cm³/mol. The molecule has 0 unspecified atom stereocenters. The number of carboxylic acid groups (broad SMARTS) is 1. The van der Waals surface area contributed by atoms with E-state index in [0.29, 0.717) is 5.49 Å². The smallest absolute Gasteiger partial charge is 0.341 e.